The molecule has 1 aliphatic heterocycles. The highest BCUT2D eigenvalue weighted by Gasteiger charge is 2.23. The molecule has 1 fully saturated rings. The van der Waals surface area contributed by atoms with Gasteiger partial charge < -0.3 is 4.74 Å². The molecule has 1 aromatic carbocycles. The van der Waals surface area contributed by atoms with Gasteiger partial charge in [-0.15, -0.1) is 0 Å². The topological polar surface area (TPSA) is 83.4 Å². The van der Waals surface area contributed by atoms with Gasteiger partial charge in [0.2, 0.25) is 5.91 Å². The first-order valence-electron chi connectivity index (χ1n) is 6.85. The highest BCUT2D eigenvalue weighted by atomic mass is 19.1. The monoisotopic (exact) mass is 336 g/mol. The van der Waals surface area contributed by atoms with Crippen molar-refractivity contribution >= 4 is 24.7 Å². The second-order valence-electron chi connectivity index (χ2n) is 4.80. The Kier molecular flexibility index (Phi) is 5.35. The van der Waals surface area contributed by atoms with Crippen molar-refractivity contribution in [3.8, 4) is 5.75 Å². The third-order valence-corrected chi connectivity index (χ3v) is 3.02. The Balaban J connectivity index is 2.13. The number of halogens is 2. The van der Waals surface area contributed by atoms with Gasteiger partial charge >= 0.3 is 12.1 Å². The third-order valence-electron chi connectivity index (χ3n) is 3.02. The number of rotatable bonds is 3. The lowest BCUT2D eigenvalue weighted by molar-refractivity contribution is -0.121. The molecule has 1 aliphatic rings. The summed E-state index contributed by atoms with van der Waals surface area (Å²) in [6.45, 7) is 5.07. The van der Waals surface area contributed by atoms with Gasteiger partial charge in [0.25, 0.3) is 0 Å². The molecule has 0 bridgehead atoms. The highest BCUT2D eigenvalue weighted by Crippen LogP contribution is 2.16. The Morgan fingerprint density at radius 3 is 2.58 bits per heavy atom. The van der Waals surface area contributed by atoms with Crippen LogP contribution >= 0.6 is 0 Å². The summed E-state index contributed by atoms with van der Waals surface area (Å²) in [4.78, 5) is 31.5. The molecule has 1 saturated heterocycles. The zero-order chi connectivity index (χ0) is 17.7. The van der Waals surface area contributed by atoms with Crippen molar-refractivity contribution in [3.63, 3.8) is 0 Å². The molecule has 1 aromatic rings. The van der Waals surface area contributed by atoms with Crippen LogP contribution in [0.25, 0.3) is 0 Å². The maximum absolute atomic E-state index is 13.1. The Morgan fingerprint density at radius 2 is 2.00 bits per heavy atom. The first-order valence-corrected chi connectivity index (χ1v) is 6.85. The average Bonchev–Trinajstić information content (AvgIpc) is 2.50. The van der Waals surface area contributed by atoms with Crippen LogP contribution in [0, 0.1) is 11.6 Å². The number of nitrogens with zero attached hydrogens (tertiary/aromatic N) is 3. The average molecular weight is 336 g/mol. The molecule has 0 unspecified atom stereocenters. The summed E-state index contributed by atoms with van der Waals surface area (Å²) >= 11 is 0. The summed E-state index contributed by atoms with van der Waals surface area (Å²) in [5.41, 5.74) is 0.426. The Labute approximate surface area is 136 Å². The predicted octanol–water partition coefficient (Wildman–Crippen LogP) is 2.20. The van der Waals surface area contributed by atoms with Gasteiger partial charge in [-0.05, 0) is 13.6 Å². The molecule has 9 heteroatoms. The van der Waals surface area contributed by atoms with Gasteiger partial charge in [-0.2, -0.15) is 0 Å². The SMILES string of the molecule is C=NC(=N/C=C(\C)N1CCC(=O)NC1=O)Oc1cc(F)cc(F)c1. The minimum absolute atomic E-state index is 0.133. The second kappa shape index (κ2) is 7.44. The third kappa shape index (κ3) is 4.45. The summed E-state index contributed by atoms with van der Waals surface area (Å²) in [6.07, 6.45) is 1.45. The van der Waals surface area contributed by atoms with Gasteiger partial charge in [-0.1, -0.05) is 0 Å². The Bertz CT molecular complexity index is 726. The van der Waals surface area contributed by atoms with E-state index in [1.54, 1.807) is 6.92 Å². The van der Waals surface area contributed by atoms with E-state index in [-0.39, 0.29) is 30.6 Å². The number of allylic oxidation sites excluding steroid dienone is 1. The van der Waals surface area contributed by atoms with E-state index < -0.39 is 17.7 Å². The number of carbonyl (C=O) groups excluding carboxylic acids is 2. The number of benzene rings is 1. The molecule has 126 valence electrons. The van der Waals surface area contributed by atoms with Crippen molar-refractivity contribution < 1.29 is 23.1 Å². The quantitative estimate of drug-likeness (QED) is 0.678. The minimum atomic E-state index is -0.810. The lowest BCUT2D eigenvalue weighted by Crippen LogP contribution is -2.48. The first kappa shape index (κ1) is 17.3. The number of urea groups is 1. The summed E-state index contributed by atoms with van der Waals surface area (Å²) in [7, 11) is 0. The largest absolute Gasteiger partial charge is 0.424 e. The van der Waals surface area contributed by atoms with E-state index in [4.69, 9.17) is 4.74 Å². The van der Waals surface area contributed by atoms with Gasteiger partial charge in [-0.25, -0.2) is 23.6 Å². The van der Waals surface area contributed by atoms with Gasteiger partial charge in [0.1, 0.15) is 17.4 Å². The van der Waals surface area contributed by atoms with E-state index >= 15 is 0 Å². The zero-order valence-corrected chi connectivity index (χ0v) is 12.8. The fourth-order valence-corrected chi connectivity index (χ4v) is 1.91. The summed E-state index contributed by atoms with van der Waals surface area (Å²) in [5.74, 6) is -2.10. The van der Waals surface area contributed by atoms with Crippen LogP contribution in [0.15, 0.2) is 40.1 Å². The van der Waals surface area contributed by atoms with E-state index in [2.05, 4.69) is 22.0 Å². The molecule has 24 heavy (non-hydrogen) atoms. The fraction of sp³-hybridized carbons (Fsp3) is 0.200. The zero-order valence-electron chi connectivity index (χ0n) is 12.8. The molecular weight excluding hydrogens is 322 g/mol. The molecule has 7 nitrogen and oxygen atoms in total. The number of aliphatic imine (C=N–C) groups is 2. The van der Waals surface area contributed by atoms with Crippen molar-refractivity contribution in [2.24, 2.45) is 9.98 Å². The number of ether oxygens (including phenoxy) is 1. The number of carbonyl (C=O) groups is 2. The molecule has 1 N–H and O–H groups in total. The molecule has 0 radical (unpaired) electrons. The van der Waals surface area contributed by atoms with Gasteiger partial charge in [0.15, 0.2) is 0 Å². The molecule has 0 saturated carbocycles. The van der Waals surface area contributed by atoms with Crippen LogP contribution in [-0.2, 0) is 4.79 Å². The number of amides is 3. The van der Waals surface area contributed by atoms with Crippen LogP contribution in [0.3, 0.4) is 0 Å². The number of nitrogens with one attached hydrogen (secondary N) is 1. The van der Waals surface area contributed by atoms with Crippen molar-refractivity contribution in [2.75, 3.05) is 6.54 Å². The summed E-state index contributed by atoms with van der Waals surface area (Å²) < 4.78 is 31.4. The van der Waals surface area contributed by atoms with Crippen molar-refractivity contribution in [3.05, 3.63) is 41.7 Å². The van der Waals surface area contributed by atoms with Gasteiger partial charge in [-0.3, -0.25) is 15.0 Å². The van der Waals surface area contributed by atoms with Gasteiger partial charge in [0.05, 0.1) is 6.20 Å². The number of hydrogen-bond acceptors (Lipinski definition) is 4. The standard InChI is InChI=1S/C15H14F2N4O3/c1-9(21-4-3-13(22)20-15(21)23)8-19-14(18-2)24-12-6-10(16)5-11(17)7-12/h5-8H,2-4H2,1H3,(H,20,22,23)/b9-8+,19-14?. The maximum atomic E-state index is 13.1. The van der Waals surface area contributed by atoms with Crippen molar-refractivity contribution in [1.82, 2.24) is 10.2 Å². The van der Waals surface area contributed by atoms with E-state index in [0.717, 1.165) is 12.1 Å². The molecule has 2 rings (SSSR count). The van der Waals surface area contributed by atoms with E-state index in [1.807, 2.05) is 0 Å². The van der Waals surface area contributed by atoms with Crippen LogP contribution in [0.5, 0.6) is 5.75 Å². The first-order chi connectivity index (χ1) is 11.4. The minimum Gasteiger partial charge on any atom is -0.424 e. The number of imide groups is 1. The highest BCUT2D eigenvalue weighted by molar-refractivity contribution is 5.97. The van der Waals surface area contributed by atoms with Gasteiger partial charge in [0, 0.05) is 36.9 Å². The van der Waals surface area contributed by atoms with E-state index in [1.165, 1.54) is 11.1 Å². The van der Waals surface area contributed by atoms with Crippen molar-refractivity contribution in [1.29, 1.82) is 0 Å². The Morgan fingerprint density at radius 1 is 1.33 bits per heavy atom. The molecule has 0 spiro atoms. The number of amidine groups is 1. The second-order valence-corrected chi connectivity index (χ2v) is 4.80. The van der Waals surface area contributed by atoms with Crippen LogP contribution in [0.4, 0.5) is 13.6 Å². The lowest BCUT2D eigenvalue weighted by Gasteiger charge is -2.26. The molecule has 3 amide bonds. The van der Waals surface area contributed by atoms with Crippen LogP contribution in [-0.4, -0.2) is 36.1 Å². The normalized spacial score (nSPS) is 16.0. The van der Waals surface area contributed by atoms with Crippen molar-refractivity contribution in [2.45, 2.75) is 13.3 Å². The van der Waals surface area contributed by atoms with E-state index in [9.17, 15) is 18.4 Å². The summed E-state index contributed by atoms with van der Waals surface area (Å²) in [5, 5.41) is 2.17. The Hall–Kier alpha value is -3.10. The predicted molar refractivity (Wildman–Crippen MR) is 82.6 cm³/mol. The fourth-order valence-electron chi connectivity index (χ4n) is 1.91. The molecular formula is C15H14F2N4O3. The molecule has 0 aliphatic carbocycles. The smallest absolute Gasteiger partial charge is 0.328 e. The number of hydrogen-bond donors (Lipinski definition) is 1. The maximum Gasteiger partial charge on any atom is 0.328 e. The van der Waals surface area contributed by atoms with Crippen LogP contribution in [0.1, 0.15) is 13.3 Å². The lowest BCUT2D eigenvalue weighted by atomic mass is 10.3. The molecule has 1 heterocycles. The van der Waals surface area contributed by atoms with Crippen LogP contribution < -0.4 is 10.1 Å². The molecule has 0 aromatic heterocycles. The summed E-state index contributed by atoms with van der Waals surface area (Å²) in [6, 6.07) is 1.81. The van der Waals surface area contributed by atoms with E-state index in [0.29, 0.717) is 11.8 Å². The molecule has 0 atom stereocenters. The van der Waals surface area contributed by atoms with Crippen LogP contribution in [0.2, 0.25) is 0 Å².